The van der Waals surface area contributed by atoms with E-state index in [0.717, 1.165) is 19.4 Å². The summed E-state index contributed by atoms with van der Waals surface area (Å²) in [6, 6.07) is 0.486. The SMILES string of the molecule is CC1(C(=O)O)CCN(C(=O)N2CCCC3CCCC32)C1. The lowest BCUT2D eigenvalue weighted by molar-refractivity contribution is -0.147. The predicted molar refractivity (Wildman–Crippen MR) is 74.4 cm³/mol. The Labute approximate surface area is 119 Å². The fraction of sp³-hybridized carbons (Fsp3) is 0.867. The van der Waals surface area contributed by atoms with Gasteiger partial charge < -0.3 is 14.9 Å². The molecule has 1 N–H and O–H groups in total. The van der Waals surface area contributed by atoms with Crippen LogP contribution in [-0.4, -0.2) is 52.6 Å². The fourth-order valence-electron chi connectivity index (χ4n) is 4.17. The monoisotopic (exact) mass is 280 g/mol. The van der Waals surface area contributed by atoms with Crippen molar-refractivity contribution in [3.05, 3.63) is 0 Å². The van der Waals surface area contributed by atoms with E-state index in [1.807, 2.05) is 4.90 Å². The van der Waals surface area contributed by atoms with Crippen LogP contribution >= 0.6 is 0 Å². The largest absolute Gasteiger partial charge is 0.481 e. The highest BCUT2D eigenvalue weighted by Crippen LogP contribution is 2.38. The highest BCUT2D eigenvalue weighted by atomic mass is 16.4. The van der Waals surface area contributed by atoms with Crippen LogP contribution in [-0.2, 0) is 4.79 Å². The summed E-state index contributed by atoms with van der Waals surface area (Å²) in [5.41, 5.74) is -0.763. The molecule has 1 saturated carbocycles. The standard InChI is InChI=1S/C15H24N2O3/c1-15(13(18)19)7-9-16(10-15)14(20)17-8-3-5-11-4-2-6-12(11)17/h11-12H,2-10H2,1H3,(H,18,19). The summed E-state index contributed by atoms with van der Waals surface area (Å²) in [6.07, 6.45) is 6.52. The maximum atomic E-state index is 12.7. The van der Waals surface area contributed by atoms with Gasteiger partial charge in [0.1, 0.15) is 0 Å². The van der Waals surface area contributed by atoms with E-state index < -0.39 is 11.4 Å². The first kappa shape index (κ1) is 13.7. The van der Waals surface area contributed by atoms with Crippen LogP contribution < -0.4 is 0 Å². The third-order valence-electron chi connectivity index (χ3n) is 5.50. The maximum Gasteiger partial charge on any atom is 0.320 e. The lowest BCUT2D eigenvalue weighted by Gasteiger charge is -2.40. The molecule has 3 fully saturated rings. The van der Waals surface area contributed by atoms with E-state index in [0.29, 0.717) is 31.5 Å². The molecule has 1 aliphatic carbocycles. The van der Waals surface area contributed by atoms with Crippen molar-refractivity contribution < 1.29 is 14.7 Å². The molecule has 0 aromatic heterocycles. The van der Waals surface area contributed by atoms with Crippen molar-refractivity contribution in [1.82, 2.24) is 9.80 Å². The predicted octanol–water partition coefficient (Wildman–Crippen LogP) is 2.17. The van der Waals surface area contributed by atoms with Crippen LogP contribution in [0.15, 0.2) is 0 Å². The number of hydrogen-bond donors (Lipinski definition) is 1. The molecular weight excluding hydrogens is 256 g/mol. The van der Waals surface area contributed by atoms with Gasteiger partial charge in [-0.1, -0.05) is 6.42 Å². The topological polar surface area (TPSA) is 60.9 Å². The van der Waals surface area contributed by atoms with Gasteiger partial charge in [0.2, 0.25) is 0 Å². The minimum Gasteiger partial charge on any atom is -0.481 e. The van der Waals surface area contributed by atoms with E-state index in [9.17, 15) is 14.7 Å². The van der Waals surface area contributed by atoms with Crippen LogP contribution in [0.25, 0.3) is 0 Å². The molecule has 20 heavy (non-hydrogen) atoms. The van der Waals surface area contributed by atoms with Crippen molar-refractivity contribution in [2.75, 3.05) is 19.6 Å². The van der Waals surface area contributed by atoms with Gasteiger partial charge in [-0.05, 0) is 44.9 Å². The Morgan fingerprint density at radius 1 is 1.15 bits per heavy atom. The average Bonchev–Trinajstić information content (AvgIpc) is 3.04. The second kappa shape index (κ2) is 4.93. The third kappa shape index (κ3) is 2.17. The molecule has 3 atom stereocenters. The van der Waals surface area contributed by atoms with Gasteiger partial charge in [-0.3, -0.25) is 4.79 Å². The van der Waals surface area contributed by atoms with E-state index in [-0.39, 0.29) is 6.03 Å². The Hall–Kier alpha value is -1.26. The zero-order valence-corrected chi connectivity index (χ0v) is 12.2. The van der Waals surface area contributed by atoms with Crippen LogP contribution in [0.1, 0.15) is 45.4 Å². The fourth-order valence-corrected chi connectivity index (χ4v) is 4.17. The second-order valence-corrected chi connectivity index (χ2v) is 6.91. The molecule has 3 rings (SSSR count). The molecule has 0 aromatic rings. The van der Waals surface area contributed by atoms with Crippen molar-refractivity contribution in [3.63, 3.8) is 0 Å². The summed E-state index contributed by atoms with van der Waals surface area (Å²) in [6.45, 7) is 3.53. The van der Waals surface area contributed by atoms with E-state index in [1.54, 1.807) is 11.8 Å². The summed E-state index contributed by atoms with van der Waals surface area (Å²) < 4.78 is 0. The molecule has 3 unspecified atom stereocenters. The van der Waals surface area contributed by atoms with E-state index >= 15 is 0 Å². The minimum atomic E-state index is -0.787. The number of hydrogen-bond acceptors (Lipinski definition) is 2. The zero-order chi connectivity index (χ0) is 14.3. The quantitative estimate of drug-likeness (QED) is 0.800. The Morgan fingerprint density at radius 2 is 1.90 bits per heavy atom. The second-order valence-electron chi connectivity index (χ2n) is 6.91. The molecule has 0 radical (unpaired) electrons. The number of nitrogens with zero attached hydrogens (tertiary/aromatic N) is 2. The Balaban J connectivity index is 1.69. The summed E-state index contributed by atoms with van der Waals surface area (Å²) in [7, 11) is 0. The van der Waals surface area contributed by atoms with Crippen molar-refractivity contribution in [3.8, 4) is 0 Å². The van der Waals surface area contributed by atoms with Crippen LogP contribution in [0.2, 0.25) is 0 Å². The number of urea groups is 1. The maximum absolute atomic E-state index is 12.7. The smallest absolute Gasteiger partial charge is 0.320 e. The summed E-state index contributed by atoms with van der Waals surface area (Å²) in [4.78, 5) is 27.8. The van der Waals surface area contributed by atoms with Crippen molar-refractivity contribution in [1.29, 1.82) is 0 Å². The van der Waals surface area contributed by atoms with Gasteiger partial charge in [0.05, 0.1) is 5.41 Å². The molecule has 0 spiro atoms. The number of carboxylic acids is 1. The lowest BCUT2D eigenvalue weighted by atomic mass is 9.90. The summed E-state index contributed by atoms with van der Waals surface area (Å²) >= 11 is 0. The highest BCUT2D eigenvalue weighted by Gasteiger charge is 2.45. The number of piperidine rings is 1. The molecule has 5 nitrogen and oxygen atoms in total. The Kier molecular flexibility index (Phi) is 3.38. The van der Waals surface area contributed by atoms with Gasteiger partial charge in [-0.25, -0.2) is 4.79 Å². The van der Waals surface area contributed by atoms with Crippen molar-refractivity contribution in [2.24, 2.45) is 11.3 Å². The molecule has 2 amide bonds. The van der Waals surface area contributed by atoms with Gasteiger partial charge in [-0.15, -0.1) is 0 Å². The van der Waals surface area contributed by atoms with E-state index in [1.165, 1.54) is 19.3 Å². The number of carbonyl (C=O) groups is 2. The number of rotatable bonds is 1. The molecule has 112 valence electrons. The molecule has 2 heterocycles. The molecule has 5 heteroatoms. The molecule has 0 bridgehead atoms. The number of fused-ring (bicyclic) bond motifs is 1. The number of aliphatic carboxylic acids is 1. The van der Waals surface area contributed by atoms with Gasteiger partial charge in [0.15, 0.2) is 0 Å². The number of carbonyl (C=O) groups excluding carboxylic acids is 1. The summed E-state index contributed by atoms with van der Waals surface area (Å²) in [5.74, 6) is -0.105. The van der Waals surface area contributed by atoms with E-state index in [2.05, 4.69) is 0 Å². The first-order valence-electron chi connectivity index (χ1n) is 7.80. The lowest BCUT2D eigenvalue weighted by Crippen LogP contribution is -2.51. The van der Waals surface area contributed by atoms with Crippen molar-refractivity contribution >= 4 is 12.0 Å². The first-order chi connectivity index (χ1) is 9.51. The van der Waals surface area contributed by atoms with Gasteiger partial charge >= 0.3 is 12.0 Å². The van der Waals surface area contributed by atoms with Gasteiger partial charge in [0.25, 0.3) is 0 Å². The first-order valence-corrected chi connectivity index (χ1v) is 7.80. The van der Waals surface area contributed by atoms with Crippen LogP contribution in [0, 0.1) is 11.3 Å². The zero-order valence-electron chi connectivity index (χ0n) is 12.2. The van der Waals surface area contributed by atoms with Crippen LogP contribution in [0.3, 0.4) is 0 Å². The van der Waals surface area contributed by atoms with Crippen molar-refractivity contribution in [2.45, 2.75) is 51.5 Å². The Morgan fingerprint density at radius 3 is 2.60 bits per heavy atom. The minimum absolute atomic E-state index is 0.0755. The molecule has 2 saturated heterocycles. The van der Waals surface area contributed by atoms with Gasteiger partial charge in [-0.2, -0.15) is 0 Å². The Bertz CT molecular complexity index is 425. The molecule has 0 aromatic carbocycles. The molecule has 3 aliphatic rings. The number of carboxylic acid groups (broad SMARTS) is 1. The normalized spacial score (nSPS) is 37.0. The average molecular weight is 280 g/mol. The molecular formula is C15H24N2O3. The van der Waals surface area contributed by atoms with Gasteiger partial charge in [0, 0.05) is 25.7 Å². The molecule has 2 aliphatic heterocycles. The summed E-state index contributed by atoms with van der Waals surface area (Å²) in [5, 5.41) is 9.28. The number of likely N-dealkylation sites (tertiary alicyclic amines) is 2. The third-order valence-corrected chi connectivity index (χ3v) is 5.50. The highest BCUT2D eigenvalue weighted by molar-refractivity contribution is 5.79. The van der Waals surface area contributed by atoms with Crippen LogP contribution in [0.5, 0.6) is 0 Å². The van der Waals surface area contributed by atoms with Crippen LogP contribution in [0.4, 0.5) is 4.79 Å². The van der Waals surface area contributed by atoms with E-state index in [4.69, 9.17) is 0 Å². The number of amides is 2.